The maximum Gasteiger partial charge on any atom is 0.378 e. The minimum atomic E-state index is -1.28. The lowest BCUT2D eigenvalue weighted by Gasteiger charge is -2.18. The average molecular weight is 338 g/mol. The van der Waals surface area contributed by atoms with Crippen LogP contribution in [0.1, 0.15) is 12.0 Å². The number of hydrogen-bond donors (Lipinski definition) is 2. The molecule has 2 N–H and O–H groups in total. The van der Waals surface area contributed by atoms with Crippen LogP contribution in [0.25, 0.3) is 0 Å². The number of methoxy groups -OCH3 is 1. The van der Waals surface area contributed by atoms with E-state index < -0.39 is 24.8 Å². The SMILES string of the molecule is COCCCOC1=C(OCc2ccccc2)C(C(O)CO)OC1=O. The number of carbonyl (C=O) groups is 1. The van der Waals surface area contributed by atoms with E-state index >= 15 is 0 Å². The van der Waals surface area contributed by atoms with Gasteiger partial charge >= 0.3 is 5.97 Å². The Hall–Kier alpha value is -2.09. The number of hydrogen-bond acceptors (Lipinski definition) is 7. The zero-order chi connectivity index (χ0) is 17.4. The van der Waals surface area contributed by atoms with E-state index in [0.717, 1.165) is 5.56 Å². The van der Waals surface area contributed by atoms with Crippen molar-refractivity contribution in [3.63, 3.8) is 0 Å². The first kappa shape index (κ1) is 18.3. The second-order valence-corrected chi connectivity index (χ2v) is 5.24. The molecule has 7 nitrogen and oxygen atoms in total. The zero-order valence-electron chi connectivity index (χ0n) is 13.5. The standard InChI is InChI=1S/C17H22O7/c1-21-8-5-9-22-16-15(14(13(19)10-18)24-17(16)20)23-11-12-6-3-2-4-7-12/h2-4,6-7,13-14,18-19H,5,8-11H2,1H3. The van der Waals surface area contributed by atoms with E-state index in [1.807, 2.05) is 30.3 Å². The highest BCUT2D eigenvalue weighted by molar-refractivity contribution is 5.89. The van der Waals surface area contributed by atoms with E-state index in [4.69, 9.17) is 24.1 Å². The summed E-state index contributed by atoms with van der Waals surface area (Å²) < 4.78 is 21.1. The van der Waals surface area contributed by atoms with Crippen molar-refractivity contribution in [2.75, 3.05) is 26.9 Å². The van der Waals surface area contributed by atoms with Gasteiger partial charge in [-0.3, -0.25) is 0 Å². The van der Waals surface area contributed by atoms with Gasteiger partial charge in [-0.25, -0.2) is 4.79 Å². The number of rotatable bonds is 10. The van der Waals surface area contributed by atoms with Gasteiger partial charge in [0.2, 0.25) is 5.76 Å². The summed E-state index contributed by atoms with van der Waals surface area (Å²) >= 11 is 0. The molecule has 2 atom stereocenters. The van der Waals surface area contributed by atoms with Crippen molar-refractivity contribution >= 4 is 5.97 Å². The van der Waals surface area contributed by atoms with Gasteiger partial charge in [0.05, 0.1) is 13.2 Å². The number of aliphatic hydroxyl groups is 2. The molecule has 132 valence electrons. The van der Waals surface area contributed by atoms with E-state index in [9.17, 15) is 9.90 Å². The van der Waals surface area contributed by atoms with E-state index in [1.54, 1.807) is 7.11 Å². The first-order chi connectivity index (χ1) is 11.7. The Bertz CT molecular complexity index is 555. The molecule has 2 rings (SSSR count). The molecular weight excluding hydrogens is 316 g/mol. The Morgan fingerprint density at radius 3 is 2.62 bits per heavy atom. The Labute approximate surface area is 140 Å². The molecule has 1 aliphatic rings. The van der Waals surface area contributed by atoms with Gasteiger partial charge in [-0.15, -0.1) is 0 Å². The van der Waals surface area contributed by atoms with Crippen molar-refractivity contribution in [3.05, 3.63) is 47.4 Å². The maximum absolute atomic E-state index is 12.0. The van der Waals surface area contributed by atoms with Crippen LogP contribution in [0.4, 0.5) is 0 Å². The highest BCUT2D eigenvalue weighted by Crippen LogP contribution is 2.28. The zero-order valence-corrected chi connectivity index (χ0v) is 13.5. The van der Waals surface area contributed by atoms with Crippen LogP contribution in [0.5, 0.6) is 0 Å². The fourth-order valence-corrected chi connectivity index (χ4v) is 2.19. The number of aliphatic hydroxyl groups excluding tert-OH is 2. The number of carbonyl (C=O) groups excluding carboxylic acids is 1. The molecule has 7 heteroatoms. The summed E-state index contributed by atoms with van der Waals surface area (Å²) in [6, 6.07) is 9.36. The van der Waals surface area contributed by atoms with Crippen LogP contribution >= 0.6 is 0 Å². The molecule has 1 heterocycles. The third kappa shape index (κ3) is 4.70. The molecule has 1 aromatic carbocycles. The molecule has 0 saturated heterocycles. The van der Waals surface area contributed by atoms with Crippen LogP contribution in [-0.2, 0) is 30.3 Å². The third-order valence-electron chi connectivity index (χ3n) is 3.41. The van der Waals surface area contributed by atoms with Crippen LogP contribution in [0.3, 0.4) is 0 Å². The summed E-state index contributed by atoms with van der Waals surface area (Å²) in [5.74, 6) is -0.685. The average Bonchev–Trinajstić information content (AvgIpc) is 2.93. The number of cyclic esters (lactones) is 1. The summed E-state index contributed by atoms with van der Waals surface area (Å²) in [4.78, 5) is 12.0. The highest BCUT2D eigenvalue weighted by atomic mass is 16.6. The van der Waals surface area contributed by atoms with Crippen LogP contribution in [-0.4, -0.2) is 55.3 Å². The molecule has 1 aliphatic heterocycles. The summed E-state index contributed by atoms with van der Waals surface area (Å²) in [6.45, 7) is 0.364. The van der Waals surface area contributed by atoms with Gasteiger partial charge in [-0.05, 0) is 5.56 Å². The lowest BCUT2D eigenvalue weighted by atomic mass is 10.2. The molecular formula is C17H22O7. The van der Waals surface area contributed by atoms with Gasteiger partial charge < -0.3 is 29.2 Å². The summed E-state index contributed by atoms with van der Waals surface area (Å²) in [7, 11) is 1.57. The number of esters is 1. The quantitative estimate of drug-likeness (QED) is 0.480. The monoisotopic (exact) mass is 338 g/mol. The van der Waals surface area contributed by atoms with Gasteiger partial charge in [0.1, 0.15) is 12.7 Å². The Balaban J connectivity index is 2.11. The second-order valence-electron chi connectivity index (χ2n) is 5.24. The van der Waals surface area contributed by atoms with Crippen molar-refractivity contribution in [1.29, 1.82) is 0 Å². The van der Waals surface area contributed by atoms with Gasteiger partial charge in [-0.1, -0.05) is 30.3 Å². The van der Waals surface area contributed by atoms with Crippen molar-refractivity contribution in [2.45, 2.75) is 25.2 Å². The molecule has 2 unspecified atom stereocenters. The van der Waals surface area contributed by atoms with E-state index in [-0.39, 0.29) is 24.7 Å². The predicted octanol–water partition coefficient (Wildman–Crippen LogP) is 0.746. The van der Waals surface area contributed by atoms with Crippen molar-refractivity contribution in [3.8, 4) is 0 Å². The van der Waals surface area contributed by atoms with Crippen LogP contribution < -0.4 is 0 Å². The highest BCUT2D eigenvalue weighted by Gasteiger charge is 2.41. The Morgan fingerprint density at radius 2 is 1.96 bits per heavy atom. The molecule has 24 heavy (non-hydrogen) atoms. The molecule has 0 radical (unpaired) electrons. The number of ether oxygens (including phenoxy) is 4. The number of benzene rings is 1. The normalized spacial score (nSPS) is 18.5. The fraction of sp³-hybridized carbons (Fsp3) is 0.471. The molecule has 0 aliphatic carbocycles. The lowest BCUT2D eigenvalue weighted by molar-refractivity contribution is -0.148. The lowest BCUT2D eigenvalue weighted by Crippen LogP contribution is -2.32. The molecule has 0 amide bonds. The predicted molar refractivity (Wildman–Crippen MR) is 83.7 cm³/mol. The summed E-state index contributed by atoms with van der Waals surface area (Å²) in [5.41, 5.74) is 0.889. The smallest absolute Gasteiger partial charge is 0.378 e. The Morgan fingerprint density at radius 1 is 1.21 bits per heavy atom. The van der Waals surface area contributed by atoms with E-state index in [2.05, 4.69) is 0 Å². The minimum Gasteiger partial charge on any atom is -0.485 e. The summed E-state index contributed by atoms with van der Waals surface area (Å²) in [6.07, 6.45) is -1.77. The topological polar surface area (TPSA) is 94.5 Å². The van der Waals surface area contributed by atoms with Crippen LogP contribution in [0, 0.1) is 0 Å². The molecule has 0 aromatic heterocycles. The molecule has 0 bridgehead atoms. The van der Waals surface area contributed by atoms with Crippen LogP contribution in [0.15, 0.2) is 41.9 Å². The van der Waals surface area contributed by atoms with Gasteiger partial charge in [0.15, 0.2) is 11.9 Å². The molecule has 0 spiro atoms. The van der Waals surface area contributed by atoms with E-state index in [1.165, 1.54) is 0 Å². The third-order valence-corrected chi connectivity index (χ3v) is 3.41. The Kier molecular flexibility index (Phi) is 7.05. The van der Waals surface area contributed by atoms with Crippen molar-refractivity contribution in [1.82, 2.24) is 0 Å². The molecule has 1 aromatic rings. The minimum absolute atomic E-state index is 0.0699. The molecule has 0 fully saturated rings. The first-order valence-electron chi connectivity index (χ1n) is 7.70. The summed E-state index contributed by atoms with van der Waals surface area (Å²) in [5, 5.41) is 19.0. The van der Waals surface area contributed by atoms with Crippen molar-refractivity contribution < 1.29 is 34.0 Å². The fourth-order valence-electron chi connectivity index (χ4n) is 2.19. The van der Waals surface area contributed by atoms with Gasteiger partial charge in [0, 0.05) is 20.1 Å². The van der Waals surface area contributed by atoms with Crippen LogP contribution in [0.2, 0.25) is 0 Å². The second kappa shape index (κ2) is 9.27. The molecule has 0 saturated carbocycles. The van der Waals surface area contributed by atoms with E-state index in [0.29, 0.717) is 13.0 Å². The van der Waals surface area contributed by atoms with Crippen molar-refractivity contribution in [2.24, 2.45) is 0 Å². The maximum atomic E-state index is 12.0. The van der Waals surface area contributed by atoms with Gasteiger partial charge in [-0.2, -0.15) is 0 Å². The van der Waals surface area contributed by atoms with Gasteiger partial charge in [0.25, 0.3) is 0 Å². The first-order valence-corrected chi connectivity index (χ1v) is 7.70. The largest absolute Gasteiger partial charge is 0.485 e.